The maximum absolute atomic E-state index is 12.5. The molecule has 1 heterocycles. The van der Waals surface area contributed by atoms with Gasteiger partial charge in [-0.1, -0.05) is 54.1 Å². The van der Waals surface area contributed by atoms with Crippen LogP contribution in [0.3, 0.4) is 0 Å². The molecule has 156 valence electrons. The molecule has 0 saturated heterocycles. The molecule has 4 rings (SSSR count). The fraction of sp³-hybridized carbons (Fsp3) is 0.120. The minimum atomic E-state index is -0.270. The Kier molecular flexibility index (Phi) is 6.34. The van der Waals surface area contributed by atoms with E-state index in [0.29, 0.717) is 28.7 Å². The highest BCUT2D eigenvalue weighted by Gasteiger charge is 2.25. The first kappa shape index (κ1) is 20.7. The predicted molar refractivity (Wildman–Crippen MR) is 124 cm³/mol. The van der Waals surface area contributed by atoms with Gasteiger partial charge in [-0.25, -0.2) is 0 Å². The summed E-state index contributed by atoms with van der Waals surface area (Å²) in [4.78, 5) is 26.5. The third-order valence-electron chi connectivity index (χ3n) is 4.93. The van der Waals surface area contributed by atoms with E-state index >= 15 is 0 Å². The molecule has 3 aromatic rings. The number of amides is 2. The lowest BCUT2D eigenvalue weighted by Gasteiger charge is -2.30. The number of benzene rings is 3. The number of ether oxygens (including phenoxy) is 1. The van der Waals surface area contributed by atoms with Crippen molar-refractivity contribution in [2.45, 2.75) is 6.42 Å². The van der Waals surface area contributed by atoms with E-state index in [4.69, 9.17) is 16.3 Å². The maximum atomic E-state index is 12.5. The topological polar surface area (TPSA) is 58.6 Å². The van der Waals surface area contributed by atoms with Crippen molar-refractivity contribution in [2.75, 3.05) is 23.4 Å². The molecular formula is C25H21ClN2O3. The zero-order chi connectivity index (χ0) is 21.6. The molecule has 3 aromatic carbocycles. The van der Waals surface area contributed by atoms with Crippen molar-refractivity contribution in [2.24, 2.45) is 0 Å². The number of rotatable bonds is 6. The summed E-state index contributed by atoms with van der Waals surface area (Å²) in [6.45, 7) is 0.546. The zero-order valence-electron chi connectivity index (χ0n) is 16.8. The number of fused-ring (bicyclic) bond motifs is 1. The van der Waals surface area contributed by atoms with Gasteiger partial charge in [-0.2, -0.15) is 0 Å². The average Bonchev–Trinajstić information content (AvgIpc) is 2.79. The van der Waals surface area contributed by atoms with Crippen LogP contribution in [-0.2, 0) is 16.0 Å². The van der Waals surface area contributed by atoms with Gasteiger partial charge in [0.25, 0.3) is 5.91 Å². The van der Waals surface area contributed by atoms with E-state index in [1.807, 2.05) is 42.5 Å². The monoisotopic (exact) mass is 432 g/mol. The highest BCUT2D eigenvalue weighted by Crippen LogP contribution is 2.34. The van der Waals surface area contributed by atoms with E-state index in [2.05, 4.69) is 5.32 Å². The summed E-state index contributed by atoms with van der Waals surface area (Å²) in [7, 11) is 0. The summed E-state index contributed by atoms with van der Waals surface area (Å²) in [6.07, 6.45) is 3.90. The summed E-state index contributed by atoms with van der Waals surface area (Å²) in [6, 6.07) is 22.5. The van der Waals surface area contributed by atoms with Crippen LogP contribution in [-0.4, -0.2) is 25.0 Å². The number of hydrogen-bond donors (Lipinski definition) is 1. The van der Waals surface area contributed by atoms with Gasteiger partial charge >= 0.3 is 0 Å². The third-order valence-corrected chi connectivity index (χ3v) is 5.19. The Hall–Kier alpha value is -3.57. The molecule has 0 fully saturated rings. The minimum absolute atomic E-state index is 0.0112. The molecule has 0 saturated carbocycles. The standard InChI is InChI=1S/C25H21ClN2O3/c26-20-9-6-19(7-10-20)8-13-24(29)27-21-11-12-23-22(16-21)28(25(30)17-31-23)15-14-18-4-2-1-3-5-18/h1-13,16H,14-15,17H2,(H,27,29)/b13-8+. The first-order valence-electron chi connectivity index (χ1n) is 9.94. The van der Waals surface area contributed by atoms with Crippen LogP contribution < -0.4 is 15.0 Å². The van der Waals surface area contributed by atoms with Crippen molar-refractivity contribution in [3.05, 3.63) is 95.0 Å². The van der Waals surface area contributed by atoms with Crippen LogP contribution in [0.2, 0.25) is 5.02 Å². The number of carbonyl (C=O) groups is 2. The second-order valence-electron chi connectivity index (χ2n) is 7.13. The minimum Gasteiger partial charge on any atom is -0.482 e. The fourth-order valence-electron chi connectivity index (χ4n) is 3.34. The number of hydrogen-bond acceptors (Lipinski definition) is 3. The van der Waals surface area contributed by atoms with E-state index < -0.39 is 0 Å². The van der Waals surface area contributed by atoms with Crippen molar-refractivity contribution < 1.29 is 14.3 Å². The molecule has 6 heteroatoms. The summed E-state index contributed by atoms with van der Waals surface area (Å²) in [5.41, 5.74) is 3.27. The Balaban J connectivity index is 1.46. The van der Waals surface area contributed by atoms with Crippen LogP contribution in [0.1, 0.15) is 11.1 Å². The van der Waals surface area contributed by atoms with Crippen LogP contribution in [0.15, 0.2) is 78.9 Å². The van der Waals surface area contributed by atoms with E-state index in [1.165, 1.54) is 6.08 Å². The van der Waals surface area contributed by atoms with E-state index in [-0.39, 0.29) is 18.4 Å². The van der Waals surface area contributed by atoms with Gasteiger partial charge < -0.3 is 15.0 Å². The van der Waals surface area contributed by atoms with Gasteiger partial charge in [-0.05, 0) is 54.0 Å². The molecule has 2 amide bonds. The van der Waals surface area contributed by atoms with Gasteiger partial charge in [0.15, 0.2) is 6.61 Å². The number of nitrogens with one attached hydrogen (secondary N) is 1. The SMILES string of the molecule is O=C(/C=C/c1ccc(Cl)cc1)Nc1ccc2c(c1)N(CCc1ccccc1)C(=O)CO2. The summed E-state index contributed by atoms with van der Waals surface area (Å²) in [5, 5.41) is 3.48. The van der Waals surface area contributed by atoms with Crippen molar-refractivity contribution in [3.63, 3.8) is 0 Å². The quantitative estimate of drug-likeness (QED) is 0.560. The Labute approximate surface area is 185 Å². The Morgan fingerprint density at radius 1 is 1.06 bits per heavy atom. The number of nitrogens with zero attached hydrogens (tertiary/aromatic N) is 1. The first-order valence-corrected chi connectivity index (χ1v) is 10.3. The lowest BCUT2D eigenvalue weighted by Crippen LogP contribution is -2.40. The molecule has 0 aliphatic carbocycles. The molecule has 0 unspecified atom stereocenters. The predicted octanol–water partition coefficient (Wildman–Crippen LogP) is 4.96. The van der Waals surface area contributed by atoms with Crippen LogP contribution in [0.4, 0.5) is 11.4 Å². The number of anilines is 2. The van der Waals surface area contributed by atoms with Gasteiger partial charge in [0.1, 0.15) is 5.75 Å². The molecule has 0 spiro atoms. The molecule has 1 N–H and O–H groups in total. The second kappa shape index (κ2) is 9.49. The zero-order valence-corrected chi connectivity index (χ0v) is 17.5. The molecule has 1 aliphatic rings. The van der Waals surface area contributed by atoms with Gasteiger partial charge in [-0.3, -0.25) is 9.59 Å². The van der Waals surface area contributed by atoms with Gasteiger partial charge in [0.05, 0.1) is 5.69 Å². The Bertz CT molecular complexity index is 1110. The van der Waals surface area contributed by atoms with Crippen LogP contribution in [0.25, 0.3) is 6.08 Å². The normalized spacial score (nSPS) is 13.1. The largest absolute Gasteiger partial charge is 0.482 e. The van der Waals surface area contributed by atoms with Crippen LogP contribution in [0.5, 0.6) is 5.75 Å². The molecule has 31 heavy (non-hydrogen) atoms. The Morgan fingerprint density at radius 2 is 1.84 bits per heavy atom. The van der Waals surface area contributed by atoms with Crippen LogP contribution in [0, 0.1) is 0 Å². The molecule has 0 bridgehead atoms. The highest BCUT2D eigenvalue weighted by molar-refractivity contribution is 6.30. The van der Waals surface area contributed by atoms with Crippen molar-refractivity contribution in [3.8, 4) is 5.75 Å². The average molecular weight is 433 g/mol. The van der Waals surface area contributed by atoms with Gasteiger partial charge in [0.2, 0.25) is 5.91 Å². The molecular weight excluding hydrogens is 412 g/mol. The molecule has 0 aromatic heterocycles. The fourth-order valence-corrected chi connectivity index (χ4v) is 3.47. The molecule has 0 radical (unpaired) electrons. The van der Waals surface area contributed by atoms with Crippen LogP contribution >= 0.6 is 11.6 Å². The third kappa shape index (κ3) is 5.32. The van der Waals surface area contributed by atoms with Crippen molar-refractivity contribution >= 4 is 40.9 Å². The lowest BCUT2D eigenvalue weighted by atomic mass is 10.1. The highest BCUT2D eigenvalue weighted by atomic mass is 35.5. The first-order chi connectivity index (χ1) is 15.1. The smallest absolute Gasteiger partial charge is 0.265 e. The number of carbonyl (C=O) groups excluding carboxylic acids is 2. The van der Waals surface area contributed by atoms with Gasteiger partial charge in [-0.15, -0.1) is 0 Å². The molecule has 1 aliphatic heterocycles. The van der Waals surface area contributed by atoms with Gasteiger partial charge in [0, 0.05) is 23.3 Å². The Morgan fingerprint density at radius 3 is 2.61 bits per heavy atom. The van der Waals surface area contributed by atoms with E-state index in [1.54, 1.807) is 41.3 Å². The van der Waals surface area contributed by atoms with Crippen molar-refractivity contribution in [1.82, 2.24) is 0 Å². The van der Waals surface area contributed by atoms with Crippen molar-refractivity contribution in [1.29, 1.82) is 0 Å². The van der Waals surface area contributed by atoms with E-state index in [9.17, 15) is 9.59 Å². The maximum Gasteiger partial charge on any atom is 0.265 e. The summed E-state index contributed by atoms with van der Waals surface area (Å²) < 4.78 is 5.56. The van der Waals surface area contributed by atoms with E-state index in [0.717, 1.165) is 17.5 Å². The lowest BCUT2D eigenvalue weighted by molar-refractivity contribution is -0.121. The molecule has 0 atom stereocenters. The second-order valence-corrected chi connectivity index (χ2v) is 7.56. The summed E-state index contributed by atoms with van der Waals surface area (Å²) in [5.74, 6) is 0.255. The number of halogens is 1. The summed E-state index contributed by atoms with van der Waals surface area (Å²) >= 11 is 5.88. The molecule has 5 nitrogen and oxygen atoms in total.